The van der Waals surface area contributed by atoms with Crippen LogP contribution in [0.4, 0.5) is 23.5 Å². The molecule has 1 aromatic heterocycles. The van der Waals surface area contributed by atoms with Gasteiger partial charge >= 0.3 is 0 Å². The van der Waals surface area contributed by atoms with Gasteiger partial charge in [-0.05, 0) is 50.7 Å². The molecule has 0 fully saturated rings. The summed E-state index contributed by atoms with van der Waals surface area (Å²) >= 11 is 0.575. The molecule has 0 aliphatic heterocycles. The number of rotatable bonds is 14. The first-order valence-electron chi connectivity index (χ1n) is 9.03. The molecule has 0 saturated heterocycles. The van der Waals surface area contributed by atoms with E-state index in [0.717, 1.165) is 38.1 Å². The standard InChI is InChI=1S/C15H24N8O6S2/c16-5-1-6-18-7-2-8-19-14-21-13(17)22-15(23-14)20-11-9-10(31(25,26)27)3-4-12(11)30-29-28-24/h3-4,9,18,24H,1-2,5-8,16H2,(H,25,26,27)(H4,17,19,20,21,22,23). The molecule has 0 bridgehead atoms. The maximum absolute atomic E-state index is 11.4. The Bertz CT molecular complexity index is 949. The van der Waals surface area contributed by atoms with Gasteiger partial charge in [0.1, 0.15) is 0 Å². The second-order valence-corrected chi connectivity index (χ2v) is 8.16. The molecule has 172 valence electrons. The Balaban J connectivity index is 2.10. The van der Waals surface area contributed by atoms with Crippen molar-refractivity contribution in [1.82, 2.24) is 20.3 Å². The van der Waals surface area contributed by atoms with E-state index in [0.29, 0.717) is 30.0 Å². The van der Waals surface area contributed by atoms with E-state index in [4.69, 9.17) is 16.7 Å². The SMILES string of the molecule is NCCCNCCCNc1nc(N)nc(Nc2cc(S(=O)(=O)O)ccc2SOOO)n1. The molecule has 31 heavy (non-hydrogen) atoms. The molecule has 2 aromatic rings. The molecule has 0 aliphatic rings. The van der Waals surface area contributed by atoms with Crippen LogP contribution in [0.15, 0.2) is 28.0 Å². The number of hydrogen-bond donors (Lipinski definition) is 7. The van der Waals surface area contributed by atoms with Gasteiger partial charge in [0.15, 0.2) is 0 Å². The van der Waals surface area contributed by atoms with Crippen LogP contribution in [0, 0.1) is 0 Å². The molecule has 0 aliphatic carbocycles. The van der Waals surface area contributed by atoms with Crippen LogP contribution in [0.2, 0.25) is 0 Å². The van der Waals surface area contributed by atoms with Crippen molar-refractivity contribution in [2.45, 2.75) is 22.6 Å². The summed E-state index contributed by atoms with van der Waals surface area (Å²) in [5, 5.41) is 21.0. The minimum absolute atomic E-state index is 0.00956. The Morgan fingerprint density at radius 1 is 1.10 bits per heavy atom. The highest BCUT2D eigenvalue weighted by Gasteiger charge is 2.15. The molecule has 9 N–H and O–H groups in total. The zero-order valence-electron chi connectivity index (χ0n) is 16.3. The van der Waals surface area contributed by atoms with Crippen molar-refractivity contribution in [2.24, 2.45) is 5.73 Å². The van der Waals surface area contributed by atoms with E-state index in [1.807, 2.05) is 0 Å². The predicted octanol–water partition coefficient (Wildman–Crippen LogP) is 0.613. The number of hydrogen-bond acceptors (Lipinski definition) is 14. The average molecular weight is 477 g/mol. The van der Waals surface area contributed by atoms with Crippen molar-refractivity contribution >= 4 is 45.7 Å². The van der Waals surface area contributed by atoms with Crippen LogP contribution in [0.25, 0.3) is 0 Å². The first kappa shape index (κ1) is 25.0. The van der Waals surface area contributed by atoms with Crippen LogP contribution in [0.3, 0.4) is 0 Å². The van der Waals surface area contributed by atoms with Gasteiger partial charge in [0.05, 0.1) is 27.5 Å². The second kappa shape index (κ2) is 12.5. The summed E-state index contributed by atoms with van der Waals surface area (Å²) < 4.78 is 36.6. The molecule has 1 heterocycles. The van der Waals surface area contributed by atoms with Gasteiger partial charge in [-0.2, -0.15) is 23.4 Å². The zero-order valence-corrected chi connectivity index (χ0v) is 17.9. The highest BCUT2D eigenvalue weighted by atomic mass is 32.2. The summed E-state index contributed by atoms with van der Waals surface area (Å²) in [6.45, 7) is 2.84. The number of anilines is 4. The lowest BCUT2D eigenvalue weighted by molar-refractivity contribution is -0.432. The number of benzene rings is 1. The highest BCUT2D eigenvalue weighted by molar-refractivity contribution is 7.94. The van der Waals surface area contributed by atoms with E-state index in [1.54, 1.807) is 0 Å². The van der Waals surface area contributed by atoms with Gasteiger partial charge in [0.2, 0.25) is 17.8 Å². The lowest BCUT2D eigenvalue weighted by atomic mass is 10.3. The summed E-state index contributed by atoms with van der Waals surface area (Å²) in [6.07, 6.45) is 1.70. The van der Waals surface area contributed by atoms with Crippen molar-refractivity contribution in [3.63, 3.8) is 0 Å². The van der Waals surface area contributed by atoms with Crippen LogP contribution >= 0.6 is 12.0 Å². The summed E-state index contributed by atoms with van der Waals surface area (Å²) in [5.74, 6) is 0.151. The Morgan fingerprint density at radius 2 is 1.84 bits per heavy atom. The molecular weight excluding hydrogens is 452 g/mol. The summed E-state index contributed by atoms with van der Waals surface area (Å²) in [7, 11) is -4.47. The highest BCUT2D eigenvalue weighted by Crippen LogP contribution is 2.32. The first-order chi connectivity index (χ1) is 14.8. The van der Waals surface area contributed by atoms with Crippen molar-refractivity contribution in [1.29, 1.82) is 0 Å². The van der Waals surface area contributed by atoms with Gasteiger partial charge in [0, 0.05) is 6.54 Å². The van der Waals surface area contributed by atoms with E-state index in [-0.39, 0.29) is 28.4 Å². The van der Waals surface area contributed by atoms with Gasteiger partial charge in [-0.15, -0.1) is 4.33 Å². The van der Waals surface area contributed by atoms with Gasteiger partial charge in [0.25, 0.3) is 10.1 Å². The maximum atomic E-state index is 11.4. The van der Waals surface area contributed by atoms with Crippen LogP contribution in [-0.2, 0) is 19.5 Å². The molecule has 0 saturated carbocycles. The second-order valence-electron chi connectivity index (χ2n) is 6.00. The van der Waals surface area contributed by atoms with Gasteiger partial charge < -0.3 is 27.4 Å². The Kier molecular flexibility index (Phi) is 10.1. The minimum Gasteiger partial charge on any atom is -0.368 e. The van der Waals surface area contributed by atoms with Crippen molar-refractivity contribution in [3.05, 3.63) is 18.2 Å². The fourth-order valence-corrected chi connectivity index (χ4v) is 3.24. The molecule has 0 amide bonds. The van der Waals surface area contributed by atoms with E-state index >= 15 is 0 Å². The Labute approximate surface area is 183 Å². The molecule has 0 radical (unpaired) electrons. The third-order valence-corrected chi connectivity index (χ3v) is 5.19. The number of nitrogens with two attached hydrogens (primary N) is 2. The summed E-state index contributed by atoms with van der Waals surface area (Å²) in [5.41, 5.74) is 11.3. The van der Waals surface area contributed by atoms with Gasteiger partial charge in [-0.3, -0.25) is 4.55 Å². The topological polar surface area (TPSA) is 220 Å². The van der Waals surface area contributed by atoms with E-state index < -0.39 is 10.1 Å². The number of aromatic nitrogens is 3. The number of nitrogen functional groups attached to an aromatic ring is 1. The smallest absolute Gasteiger partial charge is 0.294 e. The van der Waals surface area contributed by atoms with Crippen LogP contribution in [0.5, 0.6) is 0 Å². The quantitative estimate of drug-likeness (QED) is 0.0652. The molecule has 0 spiro atoms. The largest absolute Gasteiger partial charge is 0.368 e. The first-order valence-corrected chi connectivity index (χ1v) is 11.2. The van der Waals surface area contributed by atoms with E-state index in [2.05, 4.69) is 40.3 Å². The third-order valence-electron chi connectivity index (χ3n) is 3.67. The Morgan fingerprint density at radius 3 is 2.55 bits per heavy atom. The molecule has 14 nitrogen and oxygen atoms in total. The van der Waals surface area contributed by atoms with Crippen LogP contribution < -0.4 is 27.4 Å². The van der Waals surface area contributed by atoms with Crippen LogP contribution in [0.1, 0.15) is 12.8 Å². The molecule has 16 heteroatoms. The number of nitrogens with zero attached hydrogens (tertiary/aromatic N) is 3. The molecule has 1 aromatic carbocycles. The van der Waals surface area contributed by atoms with Crippen LogP contribution in [-0.4, -0.2) is 59.4 Å². The number of nitrogens with one attached hydrogen (secondary N) is 3. The lowest BCUT2D eigenvalue weighted by Crippen LogP contribution is -2.21. The summed E-state index contributed by atoms with van der Waals surface area (Å²) in [6, 6.07) is 3.58. The third kappa shape index (κ3) is 8.75. The fourth-order valence-electron chi connectivity index (χ4n) is 2.31. The van der Waals surface area contributed by atoms with Crippen molar-refractivity contribution in [2.75, 3.05) is 42.5 Å². The van der Waals surface area contributed by atoms with Crippen molar-refractivity contribution < 1.29 is 27.6 Å². The van der Waals surface area contributed by atoms with E-state index in [9.17, 15) is 13.0 Å². The normalized spacial score (nSPS) is 11.5. The minimum atomic E-state index is -4.47. The lowest BCUT2D eigenvalue weighted by Gasteiger charge is -2.12. The maximum Gasteiger partial charge on any atom is 0.294 e. The predicted molar refractivity (Wildman–Crippen MR) is 114 cm³/mol. The van der Waals surface area contributed by atoms with Gasteiger partial charge in [-0.1, -0.05) is 5.04 Å². The van der Waals surface area contributed by atoms with Gasteiger partial charge in [-0.25, -0.2) is 5.26 Å². The average Bonchev–Trinajstić information content (AvgIpc) is 2.71. The molecule has 0 unspecified atom stereocenters. The summed E-state index contributed by atoms with van der Waals surface area (Å²) in [4.78, 5) is 12.1. The van der Waals surface area contributed by atoms with E-state index in [1.165, 1.54) is 6.07 Å². The monoisotopic (exact) mass is 476 g/mol. The fraction of sp³-hybridized carbons (Fsp3) is 0.400. The molecule has 0 atom stereocenters. The zero-order chi connectivity index (χ0) is 22.7. The molecular formula is C15H24N8O6S2. The van der Waals surface area contributed by atoms with Crippen molar-refractivity contribution in [3.8, 4) is 0 Å². The Hall–Kier alpha value is -2.31. The molecule has 2 rings (SSSR count).